The fourth-order valence-electron chi connectivity index (χ4n) is 3.95. The molecule has 0 N–H and O–H groups in total. The van der Waals surface area contributed by atoms with E-state index in [1.165, 1.54) is 36.5 Å². The van der Waals surface area contributed by atoms with Gasteiger partial charge in [0.05, 0.1) is 0 Å². The maximum Gasteiger partial charge on any atom is 0.348 e. The minimum atomic E-state index is -0.855. The molecule has 0 saturated carbocycles. The van der Waals surface area contributed by atoms with E-state index in [0.717, 1.165) is 11.1 Å². The first-order chi connectivity index (χ1) is 13.9. The molecule has 4 nitrogen and oxygen atoms in total. The highest BCUT2D eigenvalue weighted by atomic mass is 16.6. The zero-order chi connectivity index (χ0) is 22.5. The molecular formula is C26H36O4. The van der Waals surface area contributed by atoms with Crippen molar-refractivity contribution >= 4 is 11.9 Å². The van der Waals surface area contributed by atoms with Crippen molar-refractivity contribution in [3.63, 3.8) is 0 Å². The lowest BCUT2D eigenvalue weighted by atomic mass is 9.72. The van der Waals surface area contributed by atoms with Crippen LogP contribution in [0.25, 0.3) is 0 Å². The maximum atomic E-state index is 12.1. The van der Waals surface area contributed by atoms with Crippen LogP contribution in [0.2, 0.25) is 0 Å². The summed E-state index contributed by atoms with van der Waals surface area (Å²) in [5, 5.41) is 0. The molecule has 2 rings (SSSR count). The van der Waals surface area contributed by atoms with Gasteiger partial charge in [0.1, 0.15) is 6.61 Å². The zero-order valence-electron chi connectivity index (χ0n) is 19.5. The minimum Gasteiger partial charge on any atom is -0.462 e. The standard InChI is InChI=1S/C26H36O4/c1-18(13-14-21-20(3)12-9-15-25(21,4)5)10-8-11-19(2)16-22(27)30-23-24(28)29-17-26(23,6)7/h8,10-11,13-14,16,23H,9,12,15,17H2,1-7H3/b11-8+,14-13+,18-10+,19-16+/t23-/m1/s1. The predicted molar refractivity (Wildman–Crippen MR) is 121 cm³/mol. The molecule has 0 amide bonds. The van der Waals surface area contributed by atoms with Crippen molar-refractivity contribution in [2.75, 3.05) is 6.61 Å². The Morgan fingerprint density at radius 1 is 1.13 bits per heavy atom. The molecule has 0 aromatic heterocycles. The van der Waals surface area contributed by atoms with Crippen LogP contribution in [0.3, 0.4) is 0 Å². The first-order valence-corrected chi connectivity index (χ1v) is 10.7. The smallest absolute Gasteiger partial charge is 0.348 e. The summed E-state index contributed by atoms with van der Waals surface area (Å²) in [6.45, 7) is 14.7. The van der Waals surface area contributed by atoms with Gasteiger partial charge in [0.2, 0.25) is 6.10 Å². The summed E-state index contributed by atoms with van der Waals surface area (Å²) in [5.74, 6) is -1.01. The normalized spacial score (nSPS) is 24.6. The van der Waals surface area contributed by atoms with Crippen molar-refractivity contribution < 1.29 is 19.1 Å². The fourth-order valence-corrected chi connectivity index (χ4v) is 3.95. The summed E-state index contributed by atoms with van der Waals surface area (Å²) in [5.41, 5.74) is 4.55. The number of carbonyl (C=O) groups excluding carboxylic acids is 2. The van der Waals surface area contributed by atoms with E-state index >= 15 is 0 Å². The Bertz CT molecular complexity index is 831. The molecule has 4 heteroatoms. The van der Waals surface area contributed by atoms with Crippen LogP contribution in [0.4, 0.5) is 0 Å². The highest BCUT2D eigenvalue weighted by molar-refractivity contribution is 5.87. The molecule has 164 valence electrons. The molecule has 0 aromatic rings. The third-order valence-electron chi connectivity index (χ3n) is 5.86. The second kappa shape index (κ2) is 9.63. The SMILES string of the molecule is CC1=C(/C=C/C(C)=C/C=C/C(C)=C/C(=O)O[C@@H]2C(=O)OCC2(C)C)C(C)(C)CCC1. The van der Waals surface area contributed by atoms with Crippen LogP contribution in [0.1, 0.15) is 67.7 Å². The summed E-state index contributed by atoms with van der Waals surface area (Å²) in [6.07, 6.45) is 14.4. The first-order valence-electron chi connectivity index (χ1n) is 10.7. The van der Waals surface area contributed by atoms with Gasteiger partial charge in [-0.25, -0.2) is 9.59 Å². The number of allylic oxidation sites excluding steroid dienone is 9. The lowest BCUT2D eigenvalue weighted by Crippen LogP contribution is -2.34. The second-order valence-corrected chi connectivity index (χ2v) is 9.84. The molecule has 0 unspecified atom stereocenters. The van der Waals surface area contributed by atoms with Crippen LogP contribution in [0, 0.1) is 10.8 Å². The summed E-state index contributed by atoms with van der Waals surface area (Å²) < 4.78 is 10.3. The summed E-state index contributed by atoms with van der Waals surface area (Å²) in [4.78, 5) is 23.9. The lowest BCUT2D eigenvalue weighted by molar-refractivity contribution is -0.159. The van der Waals surface area contributed by atoms with Crippen LogP contribution in [0.15, 0.2) is 58.7 Å². The lowest BCUT2D eigenvalue weighted by Gasteiger charge is -2.32. The Kier molecular flexibility index (Phi) is 7.68. The average Bonchev–Trinajstić information content (AvgIpc) is 2.87. The quantitative estimate of drug-likeness (QED) is 0.304. The largest absolute Gasteiger partial charge is 0.462 e. The van der Waals surface area contributed by atoms with Crippen LogP contribution in [-0.2, 0) is 19.1 Å². The topological polar surface area (TPSA) is 52.6 Å². The highest BCUT2D eigenvalue weighted by Gasteiger charge is 2.46. The zero-order valence-corrected chi connectivity index (χ0v) is 19.5. The third-order valence-corrected chi connectivity index (χ3v) is 5.86. The molecule has 1 aliphatic carbocycles. The predicted octanol–water partition coefficient (Wildman–Crippen LogP) is 6.01. The molecule has 0 spiro atoms. The van der Waals surface area contributed by atoms with Crippen molar-refractivity contribution in [1.29, 1.82) is 0 Å². The third kappa shape index (κ3) is 6.32. The van der Waals surface area contributed by atoms with Crippen LogP contribution >= 0.6 is 0 Å². The Morgan fingerprint density at radius 3 is 2.43 bits per heavy atom. The molecule has 0 radical (unpaired) electrons. The second-order valence-electron chi connectivity index (χ2n) is 9.84. The Hall–Kier alpha value is -2.36. The molecule has 1 saturated heterocycles. The van der Waals surface area contributed by atoms with E-state index in [1.807, 2.05) is 39.0 Å². The van der Waals surface area contributed by atoms with Crippen LogP contribution in [-0.4, -0.2) is 24.6 Å². The molecular weight excluding hydrogens is 376 g/mol. The van der Waals surface area contributed by atoms with Crippen molar-refractivity contribution in [3.05, 3.63) is 58.7 Å². The van der Waals surface area contributed by atoms with Gasteiger partial charge in [-0.3, -0.25) is 0 Å². The van der Waals surface area contributed by atoms with Gasteiger partial charge in [-0.15, -0.1) is 0 Å². The molecule has 0 aromatic carbocycles. The fraction of sp³-hybridized carbons (Fsp3) is 0.538. The van der Waals surface area contributed by atoms with Gasteiger partial charge >= 0.3 is 11.9 Å². The first kappa shape index (κ1) is 23.9. The molecule has 1 atom stereocenters. The molecule has 2 aliphatic rings. The van der Waals surface area contributed by atoms with E-state index in [-0.39, 0.29) is 12.0 Å². The summed E-state index contributed by atoms with van der Waals surface area (Å²) in [7, 11) is 0. The van der Waals surface area contributed by atoms with Crippen molar-refractivity contribution in [2.45, 2.75) is 73.8 Å². The average molecular weight is 413 g/mol. The van der Waals surface area contributed by atoms with Gasteiger partial charge < -0.3 is 9.47 Å². The van der Waals surface area contributed by atoms with E-state index in [0.29, 0.717) is 0 Å². The monoisotopic (exact) mass is 412 g/mol. The number of carbonyl (C=O) groups is 2. The molecule has 0 bridgehead atoms. The number of cyclic esters (lactones) is 1. The Morgan fingerprint density at radius 2 is 1.83 bits per heavy atom. The summed E-state index contributed by atoms with van der Waals surface area (Å²) in [6, 6.07) is 0. The van der Waals surface area contributed by atoms with Gasteiger partial charge in [-0.05, 0) is 56.6 Å². The van der Waals surface area contributed by atoms with Crippen molar-refractivity contribution in [3.8, 4) is 0 Å². The van der Waals surface area contributed by atoms with E-state index in [1.54, 1.807) is 0 Å². The molecule has 1 aliphatic heterocycles. The van der Waals surface area contributed by atoms with Crippen LogP contribution in [0.5, 0.6) is 0 Å². The van der Waals surface area contributed by atoms with Gasteiger partial charge in [-0.2, -0.15) is 0 Å². The van der Waals surface area contributed by atoms with E-state index in [4.69, 9.17) is 9.47 Å². The van der Waals surface area contributed by atoms with Gasteiger partial charge in [-0.1, -0.05) is 69.2 Å². The van der Waals surface area contributed by atoms with Gasteiger partial charge in [0, 0.05) is 11.5 Å². The van der Waals surface area contributed by atoms with Crippen LogP contribution < -0.4 is 0 Å². The minimum absolute atomic E-state index is 0.231. The Labute approximate surface area is 181 Å². The van der Waals surface area contributed by atoms with Crippen molar-refractivity contribution in [1.82, 2.24) is 0 Å². The van der Waals surface area contributed by atoms with E-state index < -0.39 is 23.5 Å². The summed E-state index contributed by atoms with van der Waals surface area (Å²) >= 11 is 0. The van der Waals surface area contributed by atoms with E-state index in [9.17, 15) is 9.59 Å². The number of esters is 2. The van der Waals surface area contributed by atoms with E-state index in [2.05, 4.69) is 39.8 Å². The maximum absolute atomic E-state index is 12.1. The van der Waals surface area contributed by atoms with Crippen molar-refractivity contribution in [2.24, 2.45) is 10.8 Å². The Balaban J connectivity index is 1.97. The number of rotatable bonds is 6. The number of ether oxygens (including phenoxy) is 2. The molecule has 1 heterocycles. The van der Waals surface area contributed by atoms with Gasteiger partial charge in [0.15, 0.2) is 0 Å². The highest BCUT2D eigenvalue weighted by Crippen LogP contribution is 2.40. The van der Waals surface area contributed by atoms with Gasteiger partial charge in [0.25, 0.3) is 0 Å². The number of hydrogen-bond acceptors (Lipinski definition) is 4. The molecule has 1 fully saturated rings. The molecule has 30 heavy (non-hydrogen) atoms. The number of hydrogen-bond donors (Lipinski definition) is 0.